The standard InChI is InChI=1S/C21H31N3O2/c1-22-18(25)9-14-24-16-20(15-19(24)26)10-12-21(13-11-20,23(2)3)17-7-5-4-6-8-17/h4-8H,9-16H2,1-3H3,(H,22,25). The maximum Gasteiger partial charge on any atom is 0.223 e. The third-order valence-corrected chi connectivity index (χ3v) is 6.60. The summed E-state index contributed by atoms with van der Waals surface area (Å²) in [6, 6.07) is 10.8. The van der Waals surface area contributed by atoms with Crippen molar-refractivity contribution in [1.29, 1.82) is 0 Å². The van der Waals surface area contributed by atoms with Gasteiger partial charge in [0.25, 0.3) is 0 Å². The smallest absolute Gasteiger partial charge is 0.223 e. The van der Waals surface area contributed by atoms with Gasteiger partial charge < -0.3 is 10.2 Å². The molecule has 142 valence electrons. The predicted octanol–water partition coefficient (Wildman–Crippen LogP) is 2.37. The molecule has 26 heavy (non-hydrogen) atoms. The maximum absolute atomic E-state index is 12.5. The van der Waals surface area contributed by atoms with Gasteiger partial charge in [0.15, 0.2) is 0 Å². The van der Waals surface area contributed by atoms with Crippen molar-refractivity contribution in [1.82, 2.24) is 15.1 Å². The Hall–Kier alpha value is -1.88. The minimum Gasteiger partial charge on any atom is -0.359 e. The van der Waals surface area contributed by atoms with E-state index >= 15 is 0 Å². The Labute approximate surface area is 156 Å². The van der Waals surface area contributed by atoms with Crippen LogP contribution in [0.4, 0.5) is 0 Å². The first-order valence-corrected chi connectivity index (χ1v) is 9.62. The molecule has 3 rings (SSSR count). The van der Waals surface area contributed by atoms with Crippen LogP contribution in [0, 0.1) is 5.41 Å². The Morgan fingerprint density at radius 2 is 1.81 bits per heavy atom. The van der Waals surface area contributed by atoms with E-state index in [0.29, 0.717) is 19.4 Å². The van der Waals surface area contributed by atoms with Crippen LogP contribution in [-0.4, -0.2) is 55.8 Å². The lowest BCUT2D eigenvalue weighted by molar-refractivity contribution is -0.128. The summed E-state index contributed by atoms with van der Waals surface area (Å²) in [5.74, 6) is 0.212. The number of benzene rings is 1. The van der Waals surface area contributed by atoms with E-state index in [-0.39, 0.29) is 22.8 Å². The van der Waals surface area contributed by atoms with Crippen molar-refractivity contribution in [2.24, 2.45) is 5.41 Å². The number of rotatable bonds is 5. The number of likely N-dealkylation sites (tertiary alicyclic amines) is 1. The number of hydrogen-bond donors (Lipinski definition) is 1. The molecule has 1 N–H and O–H groups in total. The molecule has 5 nitrogen and oxygen atoms in total. The lowest BCUT2D eigenvalue weighted by Crippen LogP contribution is -2.47. The van der Waals surface area contributed by atoms with E-state index in [2.05, 4.69) is 54.6 Å². The second-order valence-corrected chi connectivity index (χ2v) is 8.21. The molecule has 2 fully saturated rings. The molecule has 0 aromatic heterocycles. The van der Waals surface area contributed by atoms with E-state index < -0.39 is 0 Å². The number of nitrogens with zero attached hydrogens (tertiary/aromatic N) is 2. The van der Waals surface area contributed by atoms with Crippen LogP contribution in [0.2, 0.25) is 0 Å². The third kappa shape index (κ3) is 3.50. The molecule has 1 aromatic rings. The molecule has 1 saturated carbocycles. The predicted molar refractivity (Wildman–Crippen MR) is 103 cm³/mol. The van der Waals surface area contributed by atoms with Crippen LogP contribution in [0.1, 0.15) is 44.1 Å². The summed E-state index contributed by atoms with van der Waals surface area (Å²) >= 11 is 0. The Kier molecular flexibility index (Phi) is 5.37. The summed E-state index contributed by atoms with van der Waals surface area (Å²) in [5.41, 5.74) is 1.53. The van der Waals surface area contributed by atoms with Gasteiger partial charge in [0, 0.05) is 38.5 Å². The lowest BCUT2D eigenvalue weighted by Gasteiger charge is -2.48. The number of nitrogens with one attached hydrogen (secondary N) is 1. The minimum atomic E-state index is -0.00176. The zero-order valence-corrected chi connectivity index (χ0v) is 16.3. The van der Waals surface area contributed by atoms with Crippen molar-refractivity contribution in [3.63, 3.8) is 0 Å². The second-order valence-electron chi connectivity index (χ2n) is 8.21. The second kappa shape index (κ2) is 7.39. The molecule has 5 heteroatoms. The molecule has 1 aliphatic carbocycles. The minimum absolute atomic E-state index is 0.00176. The highest BCUT2D eigenvalue weighted by Gasteiger charge is 2.49. The SMILES string of the molecule is CNC(=O)CCN1CC2(CCC(c3ccccc3)(N(C)C)CC2)CC1=O. The normalized spacial score (nSPS) is 28.8. The lowest BCUT2D eigenvalue weighted by atomic mass is 9.64. The molecule has 0 atom stereocenters. The Balaban J connectivity index is 1.69. The quantitative estimate of drug-likeness (QED) is 0.880. The van der Waals surface area contributed by atoms with Crippen LogP contribution in [0.5, 0.6) is 0 Å². The topological polar surface area (TPSA) is 52.7 Å². The van der Waals surface area contributed by atoms with E-state index in [0.717, 1.165) is 32.2 Å². The van der Waals surface area contributed by atoms with Crippen molar-refractivity contribution in [2.75, 3.05) is 34.2 Å². The summed E-state index contributed by atoms with van der Waals surface area (Å²) in [5, 5.41) is 2.63. The van der Waals surface area contributed by atoms with Crippen LogP contribution < -0.4 is 5.32 Å². The Morgan fingerprint density at radius 3 is 2.38 bits per heavy atom. The fourth-order valence-corrected chi connectivity index (χ4v) is 4.82. The zero-order chi connectivity index (χ0) is 18.8. The molecule has 0 unspecified atom stereocenters. The van der Waals surface area contributed by atoms with Crippen LogP contribution in [0.25, 0.3) is 0 Å². The van der Waals surface area contributed by atoms with Gasteiger partial charge in [-0.2, -0.15) is 0 Å². The molecule has 1 heterocycles. The van der Waals surface area contributed by atoms with Gasteiger partial charge in [0.2, 0.25) is 11.8 Å². The highest BCUT2D eigenvalue weighted by atomic mass is 16.2. The molecule has 0 radical (unpaired) electrons. The third-order valence-electron chi connectivity index (χ3n) is 6.60. The molecule has 2 amide bonds. The van der Waals surface area contributed by atoms with E-state index in [4.69, 9.17) is 0 Å². The first kappa shape index (κ1) is 18.9. The summed E-state index contributed by atoms with van der Waals surface area (Å²) in [7, 11) is 5.97. The molecular formula is C21H31N3O2. The maximum atomic E-state index is 12.5. The van der Waals surface area contributed by atoms with Crippen molar-refractivity contribution in [3.05, 3.63) is 35.9 Å². The highest BCUT2D eigenvalue weighted by Crippen LogP contribution is 2.52. The fraction of sp³-hybridized carbons (Fsp3) is 0.619. The van der Waals surface area contributed by atoms with E-state index in [1.165, 1.54) is 5.56 Å². The molecule has 0 bridgehead atoms. The number of carbonyl (C=O) groups is 2. The van der Waals surface area contributed by atoms with Gasteiger partial charge in [-0.3, -0.25) is 14.5 Å². The van der Waals surface area contributed by atoms with Crippen LogP contribution in [-0.2, 0) is 15.1 Å². The number of amides is 2. The monoisotopic (exact) mass is 357 g/mol. The Bertz CT molecular complexity index is 648. The van der Waals surface area contributed by atoms with Crippen LogP contribution >= 0.6 is 0 Å². The van der Waals surface area contributed by atoms with Crippen molar-refractivity contribution < 1.29 is 9.59 Å². The van der Waals surface area contributed by atoms with Gasteiger partial charge in [-0.25, -0.2) is 0 Å². The van der Waals surface area contributed by atoms with Gasteiger partial charge in [0.05, 0.1) is 0 Å². The van der Waals surface area contributed by atoms with Gasteiger partial charge in [0.1, 0.15) is 0 Å². The van der Waals surface area contributed by atoms with Crippen molar-refractivity contribution >= 4 is 11.8 Å². The first-order valence-electron chi connectivity index (χ1n) is 9.62. The highest BCUT2D eigenvalue weighted by molar-refractivity contribution is 5.81. The molecule has 1 saturated heterocycles. The van der Waals surface area contributed by atoms with Gasteiger partial charge in [-0.1, -0.05) is 30.3 Å². The zero-order valence-electron chi connectivity index (χ0n) is 16.3. The number of carbonyl (C=O) groups excluding carboxylic acids is 2. The molecule has 1 aromatic carbocycles. The average molecular weight is 357 g/mol. The number of hydrogen-bond acceptors (Lipinski definition) is 3. The first-order chi connectivity index (χ1) is 12.4. The average Bonchev–Trinajstić information content (AvgIpc) is 2.96. The summed E-state index contributed by atoms with van der Waals surface area (Å²) in [6.07, 6.45) is 5.29. The van der Waals surface area contributed by atoms with Crippen molar-refractivity contribution in [3.8, 4) is 0 Å². The van der Waals surface area contributed by atoms with Gasteiger partial charge in [-0.15, -0.1) is 0 Å². The van der Waals surface area contributed by atoms with Crippen molar-refractivity contribution in [2.45, 2.75) is 44.1 Å². The van der Waals surface area contributed by atoms with E-state index in [1.54, 1.807) is 7.05 Å². The Morgan fingerprint density at radius 1 is 1.15 bits per heavy atom. The molecular weight excluding hydrogens is 326 g/mol. The molecule has 1 aliphatic heterocycles. The van der Waals surface area contributed by atoms with Crippen LogP contribution in [0.3, 0.4) is 0 Å². The fourth-order valence-electron chi connectivity index (χ4n) is 4.82. The van der Waals surface area contributed by atoms with E-state index in [9.17, 15) is 9.59 Å². The summed E-state index contributed by atoms with van der Waals surface area (Å²) < 4.78 is 0. The molecule has 1 spiro atoms. The van der Waals surface area contributed by atoms with Gasteiger partial charge in [-0.05, 0) is 50.8 Å². The van der Waals surface area contributed by atoms with E-state index in [1.807, 2.05) is 4.90 Å². The summed E-state index contributed by atoms with van der Waals surface area (Å²) in [4.78, 5) is 28.3. The largest absolute Gasteiger partial charge is 0.359 e. The van der Waals surface area contributed by atoms with Gasteiger partial charge >= 0.3 is 0 Å². The molecule has 2 aliphatic rings. The van der Waals surface area contributed by atoms with Crippen LogP contribution in [0.15, 0.2) is 30.3 Å². The summed E-state index contributed by atoms with van der Waals surface area (Å²) in [6.45, 7) is 1.35.